The van der Waals surface area contributed by atoms with Crippen LogP contribution in [0.3, 0.4) is 0 Å². The molecule has 1 atom stereocenters. The summed E-state index contributed by atoms with van der Waals surface area (Å²) >= 11 is 0. The Morgan fingerprint density at radius 3 is 2.27 bits per heavy atom. The Hall–Kier alpha value is -0.210. The zero-order chi connectivity index (χ0) is 11.3. The third-order valence-corrected chi connectivity index (χ3v) is 3.37. The molecule has 0 bridgehead atoms. The molecule has 15 heavy (non-hydrogen) atoms. The van der Waals surface area contributed by atoms with Crippen molar-refractivity contribution in [2.45, 2.75) is 64.5 Å². The van der Waals surface area contributed by atoms with E-state index in [1.54, 1.807) is 6.92 Å². The molecule has 90 valence electrons. The minimum Gasteiger partial charge on any atom is -0.171 e. The number of alkyl halides is 3. The van der Waals surface area contributed by atoms with Crippen molar-refractivity contribution in [1.82, 2.24) is 0 Å². The molecule has 3 heteroatoms. The summed E-state index contributed by atoms with van der Waals surface area (Å²) < 4.78 is 36.2. The van der Waals surface area contributed by atoms with Gasteiger partial charge in [-0.3, -0.25) is 0 Å². The highest BCUT2D eigenvalue weighted by molar-refractivity contribution is 4.68. The SMILES string of the molecule is CC(CCC1CCCCC1)CC(F)(F)F. The molecule has 0 spiro atoms. The molecule has 0 radical (unpaired) electrons. The van der Waals surface area contributed by atoms with E-state index in [2.05, 4.69) is 0 Å². The third kappa shape index (κ3) is 6.06. The van der Waals surface area contributed by atoms with Gasteiger partial charge in [-0.2, -0.15) is 13.2 Å². The maximum absolute atomic E-state index is 12.1. The molecule has 1 aliphatic carbocycles. The van der Waals surface area contributed by atoms with E-state index in [1.165, 1.54) is 32.1 Å². The fourth-order valence-corrected chi connectivity index (χ4v) is 2.49. The fourth-order valence-electron chi connectivity index (χ4n) is 2.49. The highest BCUT2D eigenvalue weighted by Gasteiger charge is 2.30. The van der Waals surface area contributed by atoms with Gasteiger partial charge in [0.2, 0.25) is 0 Å². The van der Waals surface area contributed by atoms with Gasteiger partial charge < -0.3 is 0 Å². The van der Waals surface area contributed by atoms with E-state index in [-0.39, 0.29) is 5.92 Å². The number of rotatable bonds is 4. The number of hydrogen-bond donors (Lipinski definition) is 0. The predicted octanol–water partition coefficient (Wildman–Crippen LogP) is 4.94. The molecule has 1 unspecified atom stereocenters. The average molecular weight is 222 g/mol. The topological polar surface area (TPSA) is 0 Å². The zero-order valence-corrected chi connectivity index (χ0v) is 9.45. The van der Waals surface area contributed by atoms with Gasteiger partial charge in [-0.15, -0.1) is 0 Å². The van der Waals surface area contributed by atoms with Crippen molar-refractivity contribution in [2.24, 2.45) is 11.8 Å². The molecular formula is C12H21F3. The molecule has 0 amide bonds. The first-order valence-corrected chi connectivity index (χ1v) is 6.04. The molecule has 0 aromatic carbocycles. The van der Waals surface area contributed by atoms with Crippen LogP contribution in [0.1, 0.15) is 58.3 Å². The van der Waals surface area contributed by atoms with Crippen molar-refractivity contribution < 1.29 is 13.2 Å². The van der Waals surface area contributed by atoms with Gasteiger partial charge in [0.15, 0.2) is 0 Å². The van der Waals surface area contributed by atoms with E-state index in [0.717, 1.165) is 12.8 Å². The summed E-state index contributed by atoms with van der Waals surface area (Å²) in [6.07, 6.45) is 3.48. The molecule has 1 saturated carbocycles. The lowest BCUT2D eigenvalue weighted by Crippen LogP contribution is -2.14. The van der Waals surface area contributed by atoms with Crippen LogP contribution in [0.25, 0.3) is 0 Å². The Labute approximate surface area is 90.2 Å². The summed E-state index contributed by atoms with van der Waals surface area (Å²) in [5, 5.41) is 0. The van der Waals surface area contributed by atoms with Gasteiger partial charge in [-0.1, -0.05) is 51.9 Å². The summed E-state index contributed by atoms with van der Waals surface area (Å²) in [4.78, 5) is 0. The molecule has 0 N–H and O–H groups in total. The van der Waals surface area contributed by atoms with Gasteiger partial charge in [0, 0.05) is 6.42 Å². The molecule has 1 rings (SSSR count). The minimum atomic E-state index is -3.98. The van der Waals surface area contributed by atoms with Crippen molar-refractivity contribution >= 4 is 0 Å². The van der Waals surface area contributed by atoms with Crippen LogP contribution in [0, 0.1) is 11.8 Å². The Kier molecular flexibility index (Phi) is 4.94. The van der Waals surface area contributed by atoms with Crippen LogP contribution in [0.4, 0.5) is 13.2 Å². The van der Waals surface area contributed by atoms with Crippen molar-refractivity contribution in [3.05, 3.63) is 0 Å². The van der Waals surface area contributed by atoms with Gasteiger partial charge in [0.1, 0.15) is 0 Å². The van der Waals surface area contributed by atoms with Gasteiger partial charge in [0.05, 0.1) is 0 Å². The quantitative estimate of drug-likeness (QED) is 0.632. The van der Waals surface area contributed by atoms with Crippen LogP contribution in [-0.2, 0) is 0 Å². The third-order valence-electron chi connectivity index (χ3n) is 3.37. The maximum atomic E-state index is 12.1. The zero-order valence-electron chi connectivity index (χ0n) is 9.45. The number of halogens is 3. The monoisotopic (exact) mass is 222 g/mol. The smallest absolute Gasteiger partial charge is 0.171 e. The lowest BCUT2D eigenvalue weighted by Gasteiger charge is -2.23. The summed E-state index contributed by atoms with van der Waals surface area (Å²) in [5.74, 6) is 0.501. The molecule has 0 nitrogen and oxygen atoms in total. The van der Waals surface area contributed by atoms with Crippen LogP contribution in [-0.4, -0.2) is 6.18 Å². The van der Waals surface area contributed by atoms with Gasteiger partial charge >= 0.3 is 6.18 Å². The summed E-state index contributed by atoms with van der Waals surface area (Å²) in [7, 11) is 0. The standard InChI is InChI=1S/C12H21F3/c1-10(9-12(13,14)15)7-8-11-5-3-2-4-6-11/h10-11H,2-9H2,1H3. The molecule has 0 aromatic heterocycles. The van der Waals surface area contributed by atoms with Crippen LogP contribution in [0.5, 0.6) is 0 Å². The first-order valence-electron chi connectivity index (χ1n) is 6.04. The second-order valence-electron chi connectivity index (χ2n) is 5.01. The largest absolute Gasteiger partial charge is 0.389 e. The van der Waals surface area contributed by atoms with Crippen molar-refractivity contribution in [2.75, 3.05) is 0 Å². The second-order valence-corrected chi connectivity index (χ2v) is 5.01. The highest BCUT2D eigenvalue weighted by atomic mass is 19.4. The summed E-state index contributed by atoms with van der Waals surface area (Å²) in [6.45, 7) is 1.72. The Balaban J connectivity index is 2.12. The first-order chi connectivity index (χ1) is 6.97. The van der Waals surface area contributed by atoms with Crippen LogP contribution in [0.15, 0.2) is 0 Å². The molecule has 1 aliphatic rings. The van der Waals surface area contributed by atoms with E-state index in [9.17, 15) is 13.2 Å². The molecule has 0 heterocycles. The van der Waals surface area contributed by atoms with E-state index in [0.29, 0.717) is 5.92 Å². The lowest BCUT2D eigenvalue weighted by atomic mass is 9.84. The normalized spacial score (nSPS) is 21.6. The lowest BCUT2D eigenvalue weighted by molar-refractivity contribution is -0.143. The van der Waals surface area contributed by atoms with Gasteiger partial charge in [0.25, 0.3) is 0 Å². The Morgan fingerprint density at radius 2 is 1.73 bits per heavy atom. The molecule has 0 aliphatic heterocycles. The Bertz CT molecular complexity index is 168. The van der Waals surface area contributed by atoms with E-state index in [1.807, 2.05) is 0 Å². The highest BCUT2D eigenvalue weighted by Crippen LogP contribution is 2.32. The number of hydrogen-bond acceptors (Lipinski definition) is 0. The van der Waals surface area contributed by atoms with Gasteiger partial charge in [-0.05, 0) is 11.8 Å². The van der Waals surface area contributed by atoms with Crippen LogP contribution >= 0.6 is 0 Å². The van der Waals surface area contributed by atoms with Crippen molar-refractivity contribution in [3.63, 3.8) is 0 Å². The minimum absolute atomic E-state index is 0.202. The molecule has 0 saturated heterocycles. The predicted molar refractivity (Wildman–Crippen MR) is 55.6 cm³/mol. The Morgan fingerprint density at radius 1 is 1.13 bits per heavy atom. The summed E-state index contributed by atoms with van der Waals surface area (Å²) in [6, 6.07) is 0. The van der Waals surface area contributed by atoms with E-state index >= 15 is 0 Å². The van der Waals surface area contributed by atoms with E-state index < -0.39 is 12.6 Å². The fraction of sp³-hybridized carbons (Fsp3) is 1.00. The van der Waals surface area contributed by atoms with Crippen LogP contribution < -0.4 is 0 Å². The molecular weight excluding hydrogens is 201 g/mol. The summed E-state index contributed by atoms with van der Waals surface area (Å²) in [5.41, 5.74) is 0. The van der Waals surface area contributed by atoms with E-state index in [4.69, 9.17) is 0 Å². The van der Waals surface area contributed by atoms with Crippen molar-refractivity contribution in [3.8, 4) is 0 Å². The first kappa shape index (κ1) is 12.9. The second kappa shape index (κ2) is 5.76. The van der Waals surface area contributed by atoms with Crippen LogP contribution in [0.2, 0.25) is 0 Å². The average Bonchev–Trinajstić information content (AvgIpc) is 2.14. The van der Waals surface area contributed by atoms with Crippen molar-refractivity contribution in [1.29, 1.82) is 0 Å². The molecule has 0 aromatic rings. The van der Waals surface area contributed by atoms with Gasteiger partial charge in [-0.25, -0.2) is 0 Å². The maximum Gasteiger partial charge on any atom is 0.389 e. The molecule has 1 fully saturated rings.